The number of halogens is 1. The molecule has 1 aromatic heterocycles. The molecule has 0 radical (unpaired) electrons. The van der Waals surface area contributed by atoms with Crippen LogP contribution in [0.25, 0.3) is 0 Å². The monoisotopic (exact) mass is 367 g/mol. The van der Waals surface area contributed by atoms with E-state index in [0.717, 1.165) is 5.56 Å². The zero-order valence-corrected chi connectivity index (χ0v) is 14.9. The second-order valence-electron chi connectivity index (χ2n) is 6.10. The molecule has 0 saturated heterocycles. The molecule has 138 valence electrons. The molecule has 27 heavy (non-hydrogen) atoms. The average molecular weight is 367 g/mol. The Bertz CT molecular complexity index is 998. The van der Waals surface area contributed by atoms with Crippen LogP contribution in [0, 0.1) is 19.7 Å². The quantitative estimate of drug-likeness (QED) is 0.717. The Morgan fingerprint density at radius 3 is 2.59 bits per heavy atom. The molecule has 0 bridgehead atoms. The second kappa shape index (κ2) is 7.82. The summed E-state index contributed by atoms with van der Waals surface area (Å²) in [4.78, 5) is 24.5. The summed E-state index contributed by atoms with van der Waals surface area (Å²) in [7, 11) is 0. The maximum absolute atomic E-state index is 13.7. The largest absolute Gasteiger partial charge is 0.361 e. The molecule has 3 rings (SSSR count). The van der Waals surface area contributed by atoms with E-state index in [1.54, 1.807) is 43.3 Å². The molecule has 2 aromatic carbocycles. The average Bonchev–Trinajstić information content (AvgIpc) is 3.06. The zero-order valence-electron chi connectivity index (χ0n) is 14.9. The Morgan fingerprint density at radius 2 is 1.89 bits per heavy atom. The Kier molecular flexibility index (Phi) is 5.30. The molecule has 0 spiro atoms. The van der Waals surface area contributed by atoms with Gasteiger partial charge >= 0.3 is 0 Å². The van der Waals surface area contributed by atoms with Gasteiger partial charge in [-0.15, -0.1) is 0 Å². The van der Waals surface area contributed by atoms with Crippen LogP contribution in [0.15, 0.2) is 53.2 Å². The highest BCUT2D eigenvalue weighted by molar-refractivity contribution is 6.05. The van der Waals surface area contributed by atoms with E-state index in [9.17, 15) is 14.0 Å². The molecule has 1 heterocycles. The molecular formula is C20H18FN3O3. The van der Waals surface area contributed by atoms with Gasteiger partial charge in [-0.1, -0.05) is 29.4 Å². The van der Waals surface area contributed by atoms with Crippen molar-refractivity contribution in [3.8, 4) is 0 Å². The number of carbonyl (C=O) groups is 2. The minimum absolute atomic E-state index is 0.0812. The van der Waals surface area contributed by atoms with E-state index in [0.29, 0.717) is 28.3 Å². The van der Waals surface area contributed by atoms with Gasteiger partial charge in [-0.2, -0.15) is 0 Å². The topological polar surface area (TPSA) is 84.2 Å². The summed E-state index contributed by atoms with van der Waals surface area (Å²) < 4.78 is 18.6. The highest BCUT2D eigenvalue weighted by atomic mass is 19.1. The van der Waals surface area contributed by atoms with E-state index < -0.39 is 5.82 Å². The van der Waals surface area contributed by atoms with Crippen LogP contribution >= 0.6 is 0 Å². The number of hydrogen-bond donors (Lipinski definition) is 2. The van der Waals surface area contributed by atoms with Crippen LogP contribution in [0.4, 0.5) is 15.8 Å². The third-order valence-corrected chi connectivity index (χ3v) is 4.07. The number of carbonyl (C=O) groups excluding carboxylic acids is 2. The lowest BCUT2D eigenvalue weighted by atomic mass is 10.1. The number of benzene rings is 2. The Labute approximate surface area is 155 Å². The molecule has 0 aliphatic rings. The van der Waals surface area contributed by atoms with Gasteiger partial charge in [0.1, 0.15) is 17.1 Å². The number of nitrogens with one attached hydrogen (secondary N) is 2. The number of rotatable bonds is 5. The molecule has 3 aromatic rings. The summed E-state index contributed by atoms with van der Waals surface area (Å²) in [5, 5.41) is 9.08. The molecular weight excluding hydrogens is 349 g/mol. The predicted octanol–water partition coefficient (Wildman–Crippen LogP) is 3.86. The van der Waals surface area contributed by atoms with Gasteiger partial charge < -0.3 is 15.2 Å². The van der Waals surface area contributed by atoms with Crippen molar-refractivity contribution >= 4 is 23.2 Å². The lowest BCUT2D eigenvalue weighted by Crippen LogP contribution is -2.16. The molecule has 6 nitrogen and oxygen atoms in total. The number of amides is 2. The number of aryl methyl sites for hydroxylation is 2. The first-order valence-electron chi connectivity index (χ1n) is 8.30. The van der Waals surface area contributed by atoms with E-state index in [1.165, 1.54) is 12.3 Å². The van der Waals surface area contributed by atoms with Gasteiger partial charge in [0.2, 0.25) is 5.91 Å². The normalized spacial score (nSPS) is 10.5. The zero-order chi connectivity index (χ0) is 19.4. The Morgan fingerprint density at radius 1 is 1.11 bits per heavy atom. The van der Waals surface area contributed by atoms with Crippen molar-refractivity contribution in [2.24, 2.45) is 0 Å². The fourth-order valence-corrected chi connectivity index (χ4v) is 2.56. The number of nitrogens with zero attached hydrogens (tertiary/aromatic N) is 1. The highest BCUT2D eigenvalue weighted by Crippen LogP contribution is 2.22. The van der Waals surface area contributed by atoms with E-state index in [4.69, 9.17) is 4.52 Å². The van der Waals surface area contributed by atoms with E-state index in [1.807, 2.05) is 6.92 Å². The van der Waals surface area contributed by atoms with E-state index in [-0.39, 0.29) is 18.2 Å². The van der Waals surface area contributed by atoms with Crippen LogP contribution in [0.5, 0.6) is 0 Å². The summed E-state index contributed by atoms with van der Waals surface area (Å²) in [5.74, 6) is -0.712. The van der Waals surface area contributed by atoms with Crippen LogP contribution in [-0.4, -0.2) is 17.0 Å². The molecule has 2 N–H and O–H groups in total. The summed E-state index contributed by atoms with van der Waals surface area (Å²) >= 11 is 0. The van der Waals surface area contributed by atoms with Crippen molar-refractivity contribution < 1.29 is 18.5 Å². The van der Waals surface area contributed by atoms with Gasteiger partial charge in [-0.25, -0.2) is 4.39 Å². The molecule has 0 unspecified atom stereocenters. The first-order valence-corrected chi connectivity index (χ1v) is 8.30. The fourth-order valence-electron chi connectivity index (χ4n) is 2.56. The second-order valence-corrected chi connectivity index (χ2v) is 6.10. The predicted molar refractivity (Wildman–Crippen MR) is 99.1 cm³/mol. The summed E-state index contributed by atoms with van der Waals surface area (Å²) in [6, 6.07) is 11.3. The van der Waals surface area contributed by atoms with Crippen molar-refractivity contribution in [3.63, 3.8) is 0 Å². The molecule has 0 aliphatic heterocycles. The summed E-state index contributed by atoms with van der Waals surface area (Å²) in [6.07, 6.45) is 1.27. The maximum atomic E-state index is 13.7. The van der Waals surface area contributed by atoms with Gasteiger partial charge in [0.05, 0.1) is 12.6 Å². The van der Waals surface area contributed by atoms with Crippen molar-refractivity contribution in [1.29, 1.82) is 0 Å². The van der Waals surface area contributed by atoms with Crippen LogP contribution in [0.1, 0.15) is 27.2 Å². The van der Waals surface area contributed by atoms with Crippen molar-refractivity contribution in [2.45, 2.75) is 20.3 Å². The third-order valence-electron chi connectivity index (χ3n) is 4.07. The smallest absolute Gasteiger partial charge is 0.260 e. The fraction of sp³-hybridized carbons (Fsp3) is 0.150. The SMILES string of the molecule is Cc1ccc(NC(=O)Cc2ccccc2F)cc1NC(=O)c1cnoc1C. The van der Waals surface area contributed by atoms with Crippen molar-refractivity contribution in [3.05, 3.63) is 76.9 Å². The van der Waals surface area contributed by atoms with Crippen molar-refractivity contribution in [1.82, 2.24) is 5.16 Å². The molecule has 0 saturated carbocycles. The van der Waals surface area contributed by atoms with Gasteiger partial charge in [0.15, 0.2) is 0 Å². The minimum atomic E-state index is -0.423. The van der Waals surface area contributed by atoms with Gasteiger partial charge in [0.25, 0.3) is 5.91 Å². The molecule has 0 atom stereocenters. The van der Waals surface area contributed by atoms with E-state index >= 15 is 0 Å². The van der Waals surface area contributed by atoms with Crippen LogP contribution in [-0.2, 0) is 11.2 Å². The third kappa shape index (κ3) is 4.38. The minimum Gasteiger partial charge on any atom is -0.361 e. The molecule has 0 aliphatic carbocycles. The highest BCUT2D eigenvalue weighted by Gasteiger charge is 2.15. The van der Waals surface area contributed by atoms with Crippen molar-refractivity contribution in [2.75, 3.05) is 10.6 Å². The Balaban J connectivity index is 1.71. The first-order chi connectivity index (χ1) is 12.9. The van der Waals surface area contributed by atoms with Crippen LogP contribution in [0.3, 0.4) is 0 Å². The van der Waals surface area contributed by atoms with Crippen LogP contribution < -0.4 is 10.6 Å². The van der Waals surface area contributed by atoms with Gasteiger partial charge in [-0.3, -0.25) is 9.59 Å². The van der Waals surface area contributed by atoms with Gasteiger partial charge in [-0.05, 0) is 43.2 Å². The summed E-state index contributed by atoms with van der Waals surface area (Å²) in [6.45, 7) is 3.48. The lowest BCUT2D eigenvalue weighted by Gasteiger charge is -2.11. The standard InChI is InChI=1S/C20H18FN3O3/c1-12-7-8-15(23-19(25)9-14-5-3-4-6-17(14)21)10-18(12)24-20(26)16-11-22-27-13(16)2/h3-8,10-11H,9H2,1-2H3,(H,23,25)(H,24,26). The number of aromatic nitrogens is 1. The van der Waals surface area contributed by atoms with Crippen LogP contribution in [0.2, 0.25) is 0 Å². The molecule has 7 heteroatoms. The number of hydrogen-bond acceptors (Lipinski definition) is 4. The molecule has 0 fully saturated rings. The lowest BCUT2D eigenvalue weighted by molar-refractivity contribution is -0.115. The maximum Gasteiger partial charge on any atom is 0.260 e. The number of anilines is 2. The van der Waals surface area contributed by atoms with Gasteiger partial charge in [0, 0.05) is 11.4 Å². The molecule has 2 amide bonds. The summed E-state index contributed by atoms with van der Waals surface area (Å²) in [5.41, 5.74) is 2.52. The Hall–Kier alpha value is -3.48. The first kappa shape index (κ1) is 18.3. The van der Waals surface area contributed by atoms with E-state index in [2.05, 4.69) is 15.8 Å².